The molecule has 74 valence electrons. The molecule has 0 radical (unpaired) electrons. The zero-order chi connectivity index (χ0) is 9.68. The van der Waals surface area contributed by atoms with Gasteiger partial charge >= 0.3 is 0 Å². The molecule has 0 aromatic carbocycles. The molecule has 0 amide bonds. The van der Waals surface area contributed by atoms with Crippen molar-refractivity contribution in [3.05, 3.63) is 0 Å². The van der Waals surface area contributed by atoms with Crippen LogP contribution in [-0.4, -0.2) is 30.6 Å². The van der Waals surface area contributed by atoms with Gasteiger partial charge in [-0.25, -0.2) is 0 Å². The molecule has 13 heavy (non-hydrogen) atoms. The summed E-state index contributed by atoms with van der Waals surface area (Å²) in [6, 6.07) is 2.83. The van der Waals surface area contributed by atoms with Crippen molar-refractivity contribution in [1.29, 1.82) is 5.26 Å². The number of nitrogens with zero attached hydrogens (tertiary/aromatic N) is 2. The highest BCUT2D eigenvalue weighted by Crippen LogP contribution is 2.20. The van der Waals surface area contributed by atoms with Crippen LogP contribution in [0.5, 0.6) is 0 Å². The van der Waals surface area contributed by atoms with Crippen molar-refractivity contribution >= 4 is 0 Å². The van der Waals surface area contributed by atoms with Crippen LogP contribution in [0.15, 0.2) is 0 Å². The molecule has 1 aliphatic rings. The van der Waals surface area contributed by atoms with Gasteiger partial charge in [0, 0.05) is 25.6 Å². The maximum absolute atomic E-state index is 8.50. The fourth-order valence-electron chi connectivity index (χ4n) is 1.96. The Morgan fingerprint density at radius 2 is 2.31 bits per heavy atom. The molecule has 0 bridgehead atoms. The molecular formula is C10H19N3. The van der Waals surface area contributed by atoms with Crippen molar-refractivity contribution in [1.82, 2.24) is 4.90 Å². The molecule has 1 rings (SSSR count). The molecule has 0 aromatic rings. The summed E-state index contributed by atoms with van der Waals surface area (Å²) < 4.78 is 0. The van der Waals surface area contributed by atoms with Gasteiger partial charge in [-0.3, -0.25) is 4.90 Å². The minimum absolute atomic E-state index is 0.635. The Hall–Kier alpha value is -0.590. The van der Waals surface area contributed by atoms with Gasteiger partial charge in [0.05, 0.1) is 6.07 Å². The second-order valence-electron chi connectivity index (χ2n) is 3.93. The summed E-state index contributed by atoms with van der Waals surface area (Å²) in [6.07, 6.45) is 3.12. The third-order valence-electron chi connectivity index (χ3n) is 2.95. The van der Waals surface area contributed by atoms with Crippen LogP contribution in [0.1, 0.15) is 26.2 Å². The zero-order valence-electron chi connectivity index (χ0n) is 8.37. The van der Waals surface area contributed by atoms with Gasteiger partial charge in [-0.2, -0.15) is 5.26 Å². The van der Waals surface area contributed by atoms with Gasteiger partial charge < -0.3 is 5.73 Å². The van der Waals surface area contributed by atoms with Crippen LogP contribution < -0.4 is 5.73 Å². The van der Waals surface area contributed by atoms with Crippen molar-refractivity contribution < 1.29 is 0 Å². The molecule has 1 aliphatic heterocycles. The fourth-order valence-corrected chi connectivity index (χ4v) is 1.96. The molecule has 0 aromatic heterocycles. The molecule has 0 saturated carbocycles. The highest BCUT2D eigenvalue weighted by Gasteiger charge is 2.23. The van der Waals surface area contributed by atoms with Crippen molar-refractivity contribution in [2.75, 3.05) is 19.6 Å². The molecule has 0 spiro atoms. The summed E-state index contributed by atoms with van der Waals surface area (Å²) in [6.45, 7) is 5.02. The maximum Gasteiger partial charge on any atom is 0.0635 e. The van der Waals surface area contributed by atoms with E-state index in [-0.39, 0.29) is 0 Å². The normalized spacial score (nSPS) is 29.9. The van der Waals surface area contributed by atoms with Gasteiger partial charge in [-0.05, 0) is 32.2 Å². The molecule has 0 aliphatic carbocycles. The van der Waals surface area contributed by atoms with E-state index in [0.29, 0.717) is 18.4 Å². The summed E-state index contributed by atoms with van der Waals surface area (Å²) in [4.78, 5) is 2.39. The van der Waals surface area contributed by atoms with Crippen LogP contribution in [0.2, 0.25) is 0 Å². The van der Waals surface area contributed by atoms with Crippen molar-refractivity contribution in [3.8, 4) is 6.07 Å². The highest BCUT2D eigenvalue weighted by atomic mass is 15.2. The predicted molar refractivity (Wildman–Crippen MR) is 53.0 cm³/mol. The van der Waals surface area contributed by atoms with Crippen LogP contribution in [-0.2, 0) is 0 Å². The standard InChI is InChI=1S/C10H19N3/c1-9-3-4-10(7-12)8-13(9)6-2-5-11/h9-10H,2-4,6-8,12H2,1H3. The van der Waals surface area contributed by atoms with E-state index in [0.717, 1.165) is 19.6 Å². The lowest BCUT2D eigenvalue weighted by atomic mass is 9.93. The Bertz CT molecular complexity index is 185. The average Bonchev–Trinajstić information content (AvgIpc) is 2.17. The zero-order valence-corrected chi connectivity index (χ0v) is 8.37. The van der Waals surface area contributed by atoms with Crippen molar-refractivity contribution in [2.45, 2.75) is 32.2 Å². The van der Waals surface area contributed by atoms with E-state index in [1.165, 1.54) is 12.8 Å². The van der Waals surface area contributed by atoms with Crippen molar-refractivity contribution in [3.63, 3.8) is 0 Å². The van der Waals surface area contributed by atoms with Crippen LogP contribution in [0.25, 0.3) is 0 Å². The minimum atomic E-state index is 0.635. The number of nitriles is 1. The molecule has 2 unspecified atom stereocenters. The lowest BCUT2D eigenvalue weighted by Crippen LogP contribution is -2.44. The summed E-state index contributed by atoms with van der Waals surface area (Å²) >= 11 is 0. The van der Waals surface area contributed by atoms with E-state index >= 15 is 0 Å². The van der Waals surface area contributed by atoms with Crippen LogP contribution in [0, 0.1) is 17.2 Å². The fraction of sp³-hybridized carbons (Fsp3) is 0.900. The van der Waals surface area contributed by atoms with Gasteiger partial charge in [0.1, 0.15) is 0 Å². The number of piperidine rings is 1. The summed E-state index contributed by atoms with van der Waals surface area (Å²) in [5.74, 6) is 0.648. The molecule has 1 fully saturated rings. The Morgan fingerprint density at radius 1 is 1.54 bits per heavy atom. The first-order chi connectivity index (χ1) is 6.27. The van der Waals surface area contributed by atoms with E-state index < -0.39 is 0 Å². The quantitative estimate of drug-likeness (QED) is 0.705. The topological polar surface area (TPSA) is 53.0 Å². The summed E-state index contributed by atoms with van der Waals surface area (Å²) in [7, 11) is 0. The first-order valence-electron chi connectivity index (χ1n) is 5.09. The molecule has 1 heterocycles. The Kier molecular flexibility index (Phi) is 4.20. The molecule has 3 nitrogen and oxygen atoms in total. The van der Waals surface area contributed by atoms with Crippen LogP contribution in [0.3, 0.4) is 0 Å². The van der Waals surface area contributed by atoms with E-state index in [4.69, 9.17) is 11.0 Å². The van der Waals surface area contributed by atoms with Gasteiger partial charge in [-0.15, -0.1) is 0 Å². The Balaban J connectivity index is 2.36. The summed E-state index contributed by atoms with van der Waals surface area (Å²) in [5, 5.41) is 8.50. The number of rotatable bonds is 3. The molecule has 3 heteroatoms. The third kappa shape index (κ3) is 2.98. The van der Waals surface area contributed by atoms with E-state index in [1.54, 1.807) is 0 Å². The number of likely N-dealkylation sites (tertiary alicyclic amines) is 1. The average molecular weight is 181 g/mol. The molecule has 2 atom stereocenters. The lowest BCUT2D eigenvalue weighted by molar-refractivity contribution is 0.123. The van der Waals surface area contributed by atoms with Gasteiger partial charge in [0.2, 0.25) is 0 Å². The predicted octanol–water partition coefficient (Wildman–Crippen LogP) is 0.959. The largest absolute Gasteiger partial charge is 0.330 e. The van der Waals surface area contributed by atoms with Crippen molar-refractivity contribution in [2.24, 2.45) is 11.7 Å². The number of nitrogens with two attached hydrogens (primary N) is 1. The van der Waals surface area contributed by atoms with Gasteiger partial charge in [0.25, 0.3) is 0 Å². The Morgan fingerprint density at radius 3 is 2.92 bits per heavy atom. The lowest BCUT2D eigenvalue weighted by Gasteiger charge is -2.37. The molecule has 1 saturated heterocycles. The van der Waals surface area contributed by atoms with Gasteiger partial charge in [0.15, 0.2) is 0 Å². The molecular weight excluding hydrogens is 162 g/mol. The third-order valence-corrected chi connectivity index (χ3v) is 2.95. The second-order valence-corrected chi connectivity index (χ2v) is 3.93. The van der Waals surface area contributed by atoms with Gasteiger partial charge in [-0.1, -0.05) is 0 Å². The smallest absolute Gasteiger partial charge is 0.0635 e. The second kappa shape index (κ2) is 5.21. The number of hydrogen-bond acceptors (Lipinski definition) is 3. The first kappa shape index (κ1) is 10.5. The maximum atomic E-state index is 8.50. The first-order valence-corrected chi connectivity index (χ1v) is 5.09. The van der Waals surface area contributed by atoms with E-state index in [9.17, 15) is 0 Å². The number of hydrogen-bond donors (Lipinski definition) is 1. The highest BCUT2D eigenvalue weighted by molar-refractivity contribution is 4.82. The van der Waals surface area contributed by atoms with Crippen LogP contribution >= 0.6 is 0 Å². The molecule has 2 N–H and O–H groups in total. The van der Waals surface area contributed by atoms with Crippen LogP contribution in [0.4, 0.5) is 0 Å². The minimum Gasteiger partial charge on any atom is -0.330 e. The van der Waals surface area contributed by atoms with E-state index in [1.807, 2.05) is 0 Å². The SMILES string of the molecule is CC1CCC(CN)CN1CCC#N. The van der Waals surface area contributed by atoms with E-state index in [2.05, 4.69) is 17.9 Å². The monoisotopic (exact) mass is 181 g/mol. The summed E-state index contributed by atoms with van der Waals surface area (Å²) in [5.41, 5.74) is 5.65. The Labute approximate surface area is 80.5 Å².